The minimum Gasteiger partial charge on any atom is -0.493 e. The minimum atomic E-state index is -1.20. The Balaban J connectivity index is 0.000000201. The average molecular weight is 1140 g/mol. The second kappa shape index (κ2) is 29.1. The van der Waals surface area contributed by atoms with Crippen LogP contribution in [0.2, 0.25) is 0 Å². The lowest BCUT2D eigenvalue weighted by Crippen LogP contribution is -2.42. The predicted molar refractivity (Wildman–Crippen MR) is 312 cm³/mol. The van der Waals surface area contributed by atoms with Crippen LogP contribution < -0.4 is 56.4 Å². The molecule has 0 aromatic heterocycles. The molecule has 83 heavy (non-hydrogen) atoms. The van der Waals surface area contributed by atoms with Crippen molar-refractivity contribution in [3.05, 3.63) is 141 Å². The molecule has 22 heteroatoms. The Bertz CT molecular complexity index is 3180. The van der Waals surface area contributed by atoms with E-state index in [4.69, 9.17) is 38.6 Å². The molecule has 2 aliphatic heterocycles. The quantitative estimate of drug-likeness (QED) is 0.0370. The highest BCUT2D eigenvalue weighted by molar-refractivity contribution is 6.10. The van der Waals surface area contributed by atoms with Crippen LogP contribution in [0.4, 0.5) is 9.59 Å². The van der Waals surface area contributed by atoms with Gasteiger partial charge in [0.2, 0.25) is 11.7 Å². The molecule has 6 aliphatic rings. The number of benzene rings is 4. The second-order valence-corrected chi connectivity index (χ2v) is 20.3. The van der Waals surface area contributed by atoms with Crippen molar-refractivity contribution < 1.29 is 57.8 Å². The van der Waals surface area contributed by atoms with Gasteiger partial charge in [-0.1, -0.05) is 66.7 Å². The number of ether oxygens (including phenoxy) is 6. The van der Waals surface area contributed by atoms with E-state index >= 15 is 0 Å². The fraction of sp³-hybridized carbons (Fsp3) is 0.393. The number of aliphatic carboxylic acids is 2. The molecule has 9 N–H and O–H groups in total. The molecule has 0 bridgehead atoms. The fourth-order valence-electron chi connectivity index (χ4n) is 10.8. The number of nitrogens with zero attached hydrogens (tertiary/aromatic N) is 3. The number of methoxy groups -OCH3 is 2. The molecule has 0 radical (unpaired) electrons. The van der Waals surface area contributed by atoms with Crippen LogP contribution in [0.15, 0.2) is 123 Å². The molecule has 0 spiro atoms. The van der Waals surface area contributed by atoms with E-state index in [-0.39, 0.29) is 39.3 Å². The number of aliphatic imine (C=N–C) groups is 1. The SMILES string of the molecule is COc1c(OCCC(NC(=O)OCc2ccccc2)C(=O)O)cc2c(c1OC)C1=C(CCC1)C(=NNC1=CCNCN1)CC2.O=C(NC(CCOc1ccc2c(c1)CCC(=NNC1=NCCN1)C1=C2CCC1)C(=O)O)OCc1ccccc1. The third-order valence-electron chi connectivity index (χ3n) is 14.9. The third-order valence-corrected chi connectivity index (χ3v) is 14.9. The summed E-state index contributed by atoms with van der Waals surface area (Å²) in [6.45, 7) is 3.30. The molecule has 2 heterocycles. The molecule has 0 fully saturated rings. The average Bonchev–Trinajstić information content (AvgIpc) is 4.51. The number of hydrazone groups is 2. The first kappa shape index (κ1) is 58.6. The summed E-state index contributed by atoms with van der Waals surface area (Å²) < 4.78 is 34.1. The Morgan fingerprint density at radius 1 is 0.639 bits per heavy atom. The van der Waals surface area contributed by atoms with E-state index in [0.717, 1.165) is 123 Å². The highest BCUT2D eigenvalue weighted by Crippen LogP contribution is 2.50. The van der Waals surface area contributed by atoms with Crippen LogP contribution in [0.1, 0.15) is 97.6 Å². The van der Waals surface area contributed by atoms with Crippen molar-refractivity contribution in [2.75, 3.05) is 53.7 Å². The molecule has 438 valence electrons. The van der Waals surface area contributed by atoms with E-state index in [1.807, 2.05) is 84.9 Å². The topological polar surface area (TPSA) is 285 Å². The van der Waals surface area contributed by atoms with Gasteiger partial charge >= 0.3 is 24.1 Å². The lowest BCUT2D eigenvalue weighted by molar-refractivity contribution is -0.140. The van der Waals surface area contributed by atoms with Gasteiger partial charge in [-0.2, -0.15) is 10.2 Å². The van der Waals surface area contributed by atoms with E-state index < -0.39 is 36.2 Å². The van der Waals surface area contributed by atoms with Crippen molar-refractivity contribution in [3.63, 3.8) is 0 Å². The summed E-state index contributed by atoms with van der Waals surface area (Å²) in [6.07, 6.45) is 9.63. The molecule has 0 saturated carbocycles. The van der Waals surface area contributed by atoms with Gasteiger partial charge in [0.1, 0.15) is 36.9 Å². The first-order valence-corrected chi connectivity index (χ1v) is 28.1. The molecule has 4 aromatic carbocycles. The van der Waals surface area contributed by atoms with Gasteiger partial charge in [-0.25, -0.2) is 29.6 Å². The zero-order valence-electron chi connectivity index (χ0n) is 46.8. The van der Waals surface area contributed by atoms with Crippen LogP contribution in [0.25, 0.3) is 11.1 Å². The number of carboxylic acid groups (broad SMARTS) is 2. The highest BCUT2D eigenvalue weighted by Gasteiger charge is 2.33. The number of allylic oxidation sites excluding steroid dienone is 4. The number of carboxylic acids is 2. The van der Waals surface area contributed by atoms with Gasteiger partial charge < -0.3 is 59.9 Å². The summed E-state index contributed by atoms with van der Waals surface area (Å²) in [5.41, 5.74) is 19.6. The van der Waals surface area contributed by atoms with Crippen LogP contribution in [0.3, 0.4) is 0 Å². The zero-order valence-corrected chi connectivity index (χ0v) is 46.8. The van der Waals surface area contributed by atoms with Crippen molar-refractivity contribution in [1.82, 2.24) is 37.4 Å². The van der Waals surface area contributed by atoms with E-state index in [1.54, 1.807) is 14.2 Å². The summed E-state index contributed by atoms with van der Waals surface area (Å²) in [5.74, 6) is 1.42. The fourth-order valence-corrected chi connectivity index (χ4v) is 10.8. The zero-order chi connectivity index (χ0) is 57.9. The van der Waals surface area contributed by atoms with Crippen LogP contribution >= 0.6 is 0 Å². The van der Waals surface area contributed by atoms with E-state index in [0.29, 0.717) is 36.1 Å². The first-order valence-electron chi connectivity index (χ1n) is 28.1. The Morgan fingerprint density at radius 3 is 1.82 bits per heavy atom. The summed E-state index contributed by atoms with van der Waals surface area (Å²) in [5, 5.41) is 43.2. The van der Waals surface area contributed by atoms with Crippen molar-refractivity contribution in [3.8, 4) is 23.0 Å². The van der Waals surface area contributed by atoms with E-state index in [9.17, 15) is 29.4 Å². The minimum absolute atomic E-state index is 0.00943. The summed E-state index contributed by atoms with van der Waals surface area (Å²) in [4.78, 5) is 52.4. The molecule has 0 saturated heterocycles. The van der Waals surface area contributed by atoms with Gasteiger partial charge in [0.15, 0.2) is 11.5 Å². The molecular weight excluding hydrogens is 1060 g/mol. The van der Waals surface area contributed by atoms with E-state index in [1.165, 1.54) is 33.4 Å². The van der Waals surface area contributed by atoms with Gasteiger partial charge in [-0.15, -0.1) is 0 Å². The molecular formula is C61H72N10O12. The maximum absolute atomic E-state index is 12.3. The van der Waals surface area contributed by atoms with Gasteiger partial charge in [-0.3, -0.25) is 10.7 Å². The Labute approximate surface area is 481 Å². The number of rotatable bonds is 21. The molecule has 4 aliphatic carbocycles. The van der Waals surface area contributed by atoms with Crippen molar-refractivity contribution >= 4 is 52.7 Å². The number of hydrogen-bond acceptors (Lipinski definition) is 18. The number of amides is 2. The van der Waals surface area contributed by atoms with Gasteiger partial charge in [-0.05, 0) is 139 Å². The molecule has 2 unspecified atom stereocenters. The van der Waals surface area contributed by atoms with Crippen molar-refractivity contribution in [1.29, 1.82) is 0 Å². The maximum atomic E-state index is 12.3. The van der Waals surface area contributed by atoms with Crippen LogP contribution in [0.5, 0.6) is 23.0 Å². The molecule has 10 rings (SSSR count). The first-order chi connectivity index (χ1) is 40.5. The third kappa shape index (κ3) is 15.7. The van der Waals surface area contributed by atoms with Crippen LogP contribution in [0, 0.1) is 0 Å². The number of aryl methyl sites for hydroxylation is 2. The second-order valence-electron chi connectivity index (χ2n) is 20.3. The number of carbonyl (C=O) groups excluding carboxylic acids is 2. The number of carbonyl (C=O) groups is 4. The summed E-state index contributed by atoms with van der Waals surface area (Å²) in [6, 6.07) is 24.1. The molecule has 22 nitrogen and oxygen atoms in total. The maximum Gasteiger partial charge on any atom is 0.408 e. The normalized spacial score (nSPS) is 17.6. The highest BCUT2D eigenvalue weighted by atomic mass is 16.6. The van der Waals surface area contributed by atoms with Crippen LogP contribution in [-0.4, -0.2) is 118 Å². The summed E-state index contributed by atoms with van der Waals surface area (Å²) >= 11 is 0. The predicted octanol–water partition coefficient (Wildman–Crippen LogP) is 7.30. The summed E-state index contributed by atoms with van der Waals surface area (Å²) in [7, 11) is 3.16. The molecule has 2 amide bonds. The Morgan fingerprint density at radius 2 is 1.23 bits per heavy atom. The van der Waals surface area contributed by atoms with Crippen molar-refractivity contribution in [2.45, 2.75) is 102 Å². The number of nitrogens with one attached hydrogen (secondary N) is 7. The largest absolute Gasteiger partial charge is 0.493 e. The number of alkyl carbamates (subject to hydrolysis) is 2. The standard InChI is InChI=1S/C32H39N5O7.C29H33N5O5/c1-41-29-26(43-16-14-25(31(38)39)35-32(40)44-18-20-7-4-3-5-8-20)17-21-11-12-24(36-37-27-13-15-33-19-34-27)22-9-6-10-23(22)28(21)30(29)42-2;35-27(36)26(32-29(37)39-18-19-5-2-1-3-6-19)13-16-38-21-10-11-22-20(17-21)9-12-25(24-8-4-7-23(22)24)33-34-28-30-14-15-31-28/h3-5,7-8,13,17,25,33-34,37H,6,9-12,14-16,18-19H2,1-2H3,(H,35,40)(H,38,39);1-3,5-6,10-11,17,26H,4,7-9,12-16,18H2,(H,32,37)(H,35,36)(H2,30,31,34). The van der Waals surface area contributed by atoms with Crippen LogP contribution in [-0.2, 0) is 45.1 Å². The Kier molecular flexibility index (Phi) is 20.5. The van der Waals surface area contributed by atoms with Gasteiger partial charge in [0.05, 0.1) is 52.1 Å². The van der Waals surface area contributed by atoms with Gasteiger partial charge in [0.25, 0.3) is 0 Å². The number of hydrogen-bond donors (Lipinski definition) is 9. The lowest BCUT2D eigenvalue weighted by atomic mass is 9.95. The smallest absolute Gasteiger partial charge is 0.408 e. The van der Waals surface area contributed by atoms with Crippen molar-refractivity contribution in [2.24, 2.45) is 15.2 Å². The number of guanidine groups is 1. The lowest BCUT2D eigenvalue weighted by Gasteiger charge is -2.21. The monoisotopic (exact) mass is 1140 g/mol. The van der Waals surface area contributed by atoms with Gasteiger partial charge in [0, 0.05) is 31.5 Å². The number of fused-ring (bicyclic) bond motifs is 4. The molecule has 2 atom stereocenters. The van der Waals surface area contributed by atoms with E-state index in [2.05, 4.69) is 48.5 Å². The molecule has 4 aromatic rings. The Hall–Kier alpha value is -9.05.